The van der Waals surface area contributed by atoms with Gasteiger partial charge >= 0.3 is 5.97 Å². The summed E-state index contributed by atoms with van der Waals surface area (Å²) in [7, 11) is 0. The quantitative estimate of drug-likeness (QED) is 0.930. The fraction of sp³-hybridized carbons (Fsp3) is 0.333. The van der Waals surface area contributed by atoms with Gasteiger partial charge in [-0.1, -0.05) is 15.9 Å². The van der Waals surface area contributed by atoms with Crippen LogP contribution in [-0.4, -0.2) is 23.5 Å². The predicted octanol–water partition coefficient (Wildman–Crippen LogP) is 2.20. The summed E-state index contributed by atoms with van der Waals surface area (Å²) in [5.41, 5.74) is 2.03. The highest BCUT2D eigenvalue weighted by atomic mass is 79.9. The third-order valence-corrected chi connectivity index (χ3v) is 3.28. The van der Waals surface area contributed by atoms with Crippen molar-refractivity contribution in [2.75, 3.05) is 11.4 Å². The molecule has 0 aromatic heterocycles. The van der Waals surface area contributed by atoms with Gasteiger partial charge in [0.05, 0.1) is 6.42 Å². The number of carbonyl (C=O) groups is 2. The SMILES string of the molecule is O=C(O)CCC(=O)N1CCc2cc(Br)ccc21. The first kappa shape index (κ1) is 12.1. The molecule has 1 aliphatic rings. The average molecular weight is 298 g/mol. The monoisotopic (exact) mass is 297 g/mol. The maximum Gasteiger partial charge on any atom is 0.303 e. The lowest BCUT2D eigenvalue weighted by Gasteiger charge is -2.16. The fourth-order valence-electron chi connectivity index (χ4n) is 1.98. The van der Waals surface area contributed by atoms with Gasteiger partial charge < -0.3 is 10.0 Å². The van der Waals surface area contributed by atoms with Crippen molar-refractivity contribution < 1.29 is 14.7 Å². The number of carbonyl (C=O) groups excluding carboxylic acids is 1. The minimum Gasteiger partial charge on any atom is -0.481 e. The molecule has 4 nitrogen and oxygen atoms in total. The van der Waals surface area contributed by atoms with Crippen LogP contribution in [0.3, 0.4) is 0 Å². The number of carboxylic acids is 1. The van der Waals surface area contributed by atoms with Gasteiger partial charge in [-0.2, -0.15) is 0 Å². The van der Waals surface area contributed by atoms with E-state index in [1.807, 2.05) is 18.2 Å². The number of fused-ring (bicyclic) bond motifs is 1. The summed E-state index contributed by atoms with van der Waals surface area (Å²) < 4.78 is 0.996. The van der Waals surface area contributed by atoms with E-state index in [0.717, 1.165) is 22.1 Å². The highest BCUT2D eigenvalue weighted by molar-refractivity contribution is 9.10. The van der Waals surface area contributed by atoms with Gasteiger partial charge in [-0.25, -0.2) is 0 Å². The van der Waals surface area contributed by atoms with Crippen LogP contribution in [0.25, 0.3) is 0 Å². The van der Waals surface area contributed by atoms with Crippen molar-refractivity contribution in [3.8, 4) is 0 Å². The van der Waals surface area contributed by atoms with E-state index in [2.05, 4.69) is 15.9 Å². The summed E-state index contributed by atoms with van der Waals surface area (Å²) in [6.45, 7) is 0.643. The number of benzene rings is 1. The molecule has 0 atom stereocenters. The molecule has 0 unspecified atom stereocenters. The average Bonchev–Trinajstić information content (AvgIpc) is 2.68. The Morgan fingerprint density at radius 3 is 2.82 bits per heavy atom. The summed E-state index contributed by atoms with van der Waals surface area (Å²) in [6, 6.07) is 5.78. The summed E-state index contributed by atoms with van der Waals surface area (Å²) in [4.78, 5) is 24.0. The minimum atomic E-state index is -0.937. The summed E-state index contributed by atoms with van der Waals surface area (Å²) >= 11 is 3.39. The Morgan fingerprint density at radius 2 is 2.12 bits per heavy atom. The lowest BCUT2D eigenvalue weighted by molar-refractivity contribution is -0.138. The first-order valence-electron chi connectivity index (χ1n) is 5.38. The molecule has 0 spiro atoms. The van der Waals surface area contributed by atoms with E-state index in [-0.39, 0.29) is 18.7 Å². The smallest absolute Gasteiger partial charge is 0.303 e. The van der Waals surface area contributed by atoms with Crippen molar-refractivity contribution in [2.24, 2.45) is 0 Å². The Hall–Kier alpha value is -1.36. The van der Waals surface area contributed by atoms with Crippen molar-refractivity contribution in [2.45, 2.75) is 19.3 Å². The van der Waals surface area contributed by atoms with Crippen molar-refractivity contribution in [3.63, 3.8) is 0 Å². The normalized spacial score (nSPS) is 13.6. The summed E-state index contributed by atoms with van der Waals surface area (Å²) in [6.07, 6.45) is 0.777. The van der Waals surface area contributed by atoms with Crippen molar-refractivity contribution in [1.82, 2.24) is 0 Å². The number of hydrogen-bond donors (Lipinski definition) is 1. The predicted molar refractivity (Wildman–Crippen MR) is 67.1 cm³/mol. The second-order valence-electron chi connectivity index (χ2n) is 3.96. The molecular formula is C12H12BrNO3. The van der Waals surface area contributed by atoms with E-state index in [0.29, 0.717) is 6.54 Å². The number of rotatable bonds is 3. The zero-order valence-corrected chi connectivity index (χ0v) is 10.7. The molecule has 5 heteroatoms. The zero-order valence-electron chi connectivity index (χ0n) is 9.15. The molecule has 0 saturated heterocycles. The number of anilines is 1. The van der Waals surface area contributed by atoms with Crippen LogP contribution < -0.4 is 4.90 Å². The molecular weight excluding hydrogens is 286 g/mol. The Kier molecular flexibility index (Phi) is 3.47. The molecule has 2 rings (SSSR count). The zero-order chi connectivity index (χ0) is 12.4. The van der Waals surface area contributed by atoms with Gasteiger partial charge in [-0.05, 0) is 30.2 Å². The first-order chi connectivity index (χ1) is 8.08. The lowest BCUT2D eigenvalue weighted by Crippen LogP contribution is -2.29. The maximum atomic E-state index is 11.8. The van der Waals surface area contributed by atoms with E-state index < -0.39 is 5.97 Å². The van der Waals surface area contributed by atoms with Crippen molar-refractivity contribution in [1.29, 1.82) is 0 Å². The standard InChI is InChI=1S/C12H12BrNO3/c13-9-1-2-10-8(7-9)5-6-14(10)11(15)3-4-12(16)17/h1-2,7H,3-6H2,(H,16,17). The van der Waals surface area contributed by atoms with Gasteiger partial charge in [0.1, 0.15) is 0 Å². The molecule has 1 aromatic rings. The molecule has 0 fully saturated rings. The lowest BCUT2D eigenvalue weighted by atomic mass is 10.2. The molecule has 1 heterocycles. The van der Waals surface area contributed by atoms with Gasteiger partial charge in [0.15, 0.2) is 0 Å². The van der Waals surface area contributed by atoms with Gasteiger partial charge in [-0.3, -0.25) is 9.59 Å². The molecule has 17 heavy (non-hydrogen) atoms. The van der Waals surface area contributed by atoms with E-state index in [4.69, 9.17) is 5.11 Å². The van der Waals surface area contributed by atoms with Crippen LogP contribution in [0.15, 0.2) is 22.7 Å². The van der Waals surface area contributed by atoms with Gasteiger partial charge in [-0.15, -0.1) is 0 Å². The molecule has 0 aliphatic carbocycles. The number of nitrogens with zero attached hydrogens (tertiary/aromatic N) is 1. The summed E-state index contributed by atoms with van der Waals surface area (Å²) in [5, 5.41) is 8.56. The van der Waals surface area contributed by atoms with Crippen LogP contribution in [0.4, 0.5) is 5.69 Å². The molecule has 1 aliphatic heterocycles. The Labute approximate surface area is 107 Å². The van der Waals surface area contributed by atoms with E-state index in [1.165, 1.54) is 0 Å². The van der Waals surface area contributed by atoms with E-state index >= 15 is 0 Å². The van der Waals surface area contributed by atoms with Crippen LogP contribution in [0, 0.1) is 0 Å². The van der Waals surface area contributed by atoms with Gasteiger partial charge in [0.2, 0.25) is 5.91 Å². The van der Waals surface area contributed by atoms with Gasteiger partial charge in [0.25, 0.3) is 0 Å². The summed E-state index contributed by atoms with van der Waals surface area (Å²) in [5.74, 6) is -1.05. The highest BCUT2D eigenvalue weighted by Crippen LogP contribution is 2.30. The van der Waals surface area contributed by atoms with Crippen molar-refractivity contribution >= 4 is 33.5 Å². The molecule has 0 bridgehead atoms. The highest BCUT2D eigenvalue weighted by Gasteiger charge is 2.24. The number of halogens is 1. The third-order valence-electron chi connectivity index (χ3n) is 2.79. The van der Waals surface area contributed by atoms with Crippen LogP contribution in [-0.2, 0) is 16.0 Å². The van der Waals surface area contributed by atoms with Crippen LogP contribution >= 0.6 is 15.9 Å². The number of carboxylic acid groups (broad SMARTS) is 1. The Balaban J connectivity index is 2.11. The van der Waals surface area contributed by atoms with Crippen molar-refractivity contribution in [3.05, 3.63) is 28.2 Å². The second-order valence-corrected chi connectivity index (χ2v) is 4.88. The molecule has 90 valence electrons. The van der Waals surface area contributed by atoms with Crippen LogP contribution in [0.1, 0.15) is 18.4 Å². The Bertz CT molecular complexity index is 473. The van der Waals surface area contributed by atoms with E-state index in [1.54, 1.807) is 4.90 Å². The fourth-order valence-corrected chi connectivity index (χ4v) is 2.39. The molecule has 1 N–H and O–H groups in total. The molecule has 0 saturated carbocycles. The second kappa shape index (κ2) is 4.87. The van der Waals surface area contributed by atoms with Crippen LogP contribution in [0.5, 0.6) is 0 Å². The maximum absolute atomic E-state index is 11.8. The van der Waals surface area contributed by atoms with Gasteiger partial charge in [0, 0.05) is 23.1 Å². The third kappa shape index (κ3) is 2.66. The minimum absolute atomic E-state index is 0.0604. The van der Waals surface area contributed by atoms with Crippen LogP contribution in [0.2, 0.25) is 0 Å². The molecule has 1 aromatic carbocycles. The number of hydrogen-bond acceptors (Lipinski definition) is 2. The molecule has 0 radical (unpaired) electrons. The topological polar surface area (TPSA) is 57.6 Å². The number of aliphatic carboxylic acids is 1. The first-order valence-corrected chi connectivity index (χ1v) is 6.18. The number of amides is 1. The Morgan fingerprint density at radius 1 is 1.35 bits per heavy atom. The molecule has 1 amide bonds. The van der Waals surface area contributed by atoms with E-state index in [9.17, 15) is 9.59 Å². The largest absolute Gasteiger partial charge is 0.481 e.